The maximum atomic E-state index is 13.5. The number of allylic oxidation sites excluding steroid dienone is 1. The van der Waals surface area contributed by atoms with Crippen LogP contribution in [-0.2, 0) is 12.8 Å². The van der Waals surface area contributed by atoms with E-state index >= 15 is 0 Å². The van der Waals surface area contributed by atoms with E-state index in [2.05, 4.69) is 30.7 Å². The van der Waals surface area contributed by atoms with E-state index in [1.165, 1.54) is 5.56 Å². The molecule has 6 rings (SSSR count). The van der Waals surface area contributed by atoms with Gasteiger partial charge in [-0.2, -0.15) is 4.98 Å². The number of nitrogens with zero attached hydrogens (tertiary/aromatic N) is 2. The van der Waals surface area contributed by atoms with Gasteiger partial charge in [-0.3, -0.25) is 14.8 Å². The molecule has 2 heterocycles. The molecule has 0 saturated carbocycles. The molecule has 0 atom stereocenters. The molecule has 0 fully saturated rings. The summed E-state index contributed by atoms with van der Waals surface area (Å²) in [5.74, 6) is 6.29. The highest BCUT2D eigenvalue weighted by Crippen LogP contribution is 2.33. The lowest BCUT2D eigenvalue weighted by atomic mass is 9.96. The van der Waals surface area contributed by atoms with E-state index in [1.807, 2.05) is 83.4 Å². The van der Waals surface area contributed by atoms with Gasteiger partial charge >= 0.3 is 0 Å². The second-order valence-electron chi connectivity index (χ2n) is 9.20. The van der Waals surface area contributed by atoms with Crippen molar-refractivity contribution in [3.8, 4) is 17.5 Å². The number of aryl methyl sites for hydroxylation is 2. The third-order valence-corrected chi connectivity index (χ3v) is 6.91. The van der Waals surface area contributed by atoms with E-state index < -0.39 is 0 Å². The van der Waals surface area contributed by atoms with Gasteiger partial charge in [0.25, 0.3) is 5.89 Å². The zero-order chi connectivity index (χ0) is 26.2. The topological polar surface area (TPSA) is 71.9 Å². The van der Waals surface area contributed by atoms with E-state index in [1.54, 1.807) is 6.08 Å². The third kappa shape index (κ3) is 3.97. The molecular formula is C33H25N3O2. The molecule has 2 aromatic heterocycles. The zero-order valence-electron chi connectivity index (χ0n) is 21.2. The first-order chi connectivity index (χ1) is 18.6. The average Bonchev–Trinajstić information content (AvgIpc) is 3.57. The van der Waals surface area contributed by atoms with Crippen molar-refractivity contribution >= 4 is 28.8 Å². The van der Waals surface area contributed by atoms with Crippen LogP contribution in [0, 0.1) is 17.3 Å². The number of hydrogen-bond acceptors (Lipinski definition) is 4. The van der Waals surface area contributed by atoms with Crippen LogP contribution in [0.3, 0.4) is 0 Å². The molecule has 0 radical (unpaired) electrons. The molecule has 5 nitrogen and oxygen atoms in total. The van der Waals surface area contributed by atoms with Crippen LogP contribution in [0.1, 0.15) is 58.0 Å². The van der Waals surface area contributed by atoms with Crippen LogP contribution in [0.5, 0.6) is 0 Å². The Morgan fingerprint density at radius 3 is 2.24 bits per heavy atom. The van der Waals surface area contributed by atoms with Crippen molar-refractivity contribution in [2.75, 3.05) is 0 Å². The number of nitrogens with one attached hydrogen (secondary N) is 1. The molecule has 0 bridgehead atoms. The molecule has 5 heteroatoms. The molecule has 0 aliphatic heterocycles. The predicted octanol–water partition coefficient (Wildman–Crippen LogP) is 6.79. The van der Waals surface area contributed by atoms with Crippen molar-refractivity contribution in [3.63, 3.8) is 0 Å². The first kappa shape index (κ1) is 23.4. The summed E-state index contributed by atoms with van der Waals surface area (Å²) in [5.41, 5.74) is 7.91. The van der Waals surface area contributed by atoms with Gasteiger partial charge in [0.1, 0.15) is 0 Å². The quantitative estimate of drug-likeness (QED) is 0.220. The Bertz CT molecular complexity index is 1770. The number of benzene rings is 3. The monoisotopic (exact) mass is 495 g/mol. The smallest absolute Gasteiger partial charge is 0.276 e. The fourth-order valence-electron chi connectivity index (χ4n) is 4.99. The van der Waals surface area contributed by atoms with Gasteiger partial charge in [-0.1, -0.05) is 56.2 Å². The first-order valence-corrected chi connectivity index (χ1v) is 12.7. The molecule has 5 aromatic rings. The van der Waals surface area contributed by atoms with Crippen molar-refractivity contribution in [1.82, 2.24) is 9.55 Å². The summed E-state index contributed by atoms with van der Waals surface area (Å²) >= 11 is 0. The number of ketones is 1. The number of carbonyl (C=O) groups excluding carboxylic acids is 1. The SMILES string of the molecule is CCc1cc2c(cc1CC)C(=O)/C(=C\c1cc3oc(C#Cc4ccccc4)nc3n1-c1ccccc1)C2=N. The van der Waals surface area contributed by atoms with E-state index in [9.17, 15) is 4.79 Å². The van der Waals surface area contributed by atoms with Gasteiger partial charge in [0, 0.05) is 28.4 Å². The maximum absolute atomic E-state index is 13.5. The summed E-state index contributed by atoms with van der Waals surface area (Å²) in [6, 6.07) is 25.3. The summed E-state index contributed by atoms with van der Waals surface area (Å²) in [6.07, 6.45) is 3.50. The number of carbonyl (C=O) groups is 1. The first-order valence-electron chi connectivity index (χ1n) is 12.7. The van der Waals surface area contributed by atoms with Crippen molar-refractivity contribution in [2.24, 2.45) is 0 Å². The number of oxazole rings is 1. The average molecular weight is 496 g/mol. The van der Waals surface area contributed by atoms with E-state index in [-0.39, 0.29) is 11.5 Å². The van der Waals surface area contributed by atoms with Crippen LogP contribution in [0.25, 0.3) is 23.0 Å². The lowest BCUT2D eigenvalue weighted by molar-refractivity contribution is 0.104. The summed E-state index contributed by atoms with van der Waals surface area (Å²) in [6.45, 7) is 4.20. The van der Waals surface area contributed by atoms with Gasteiger partial charge in [0.2, 0.25) is 0 Å². The minimum absolute atomic E-state index is 0.123. The molecule has 1 aliphatic rings. The molecule has 38 heavy (non-hydrogen) atoms. The number of rotatable bonds is 4. The molecule has 0 spiro atoms. The predicted molar refractivity (Wildman–Crippen MR) is 150 cm³/mol. The Kier molecular flexibility index (Phi) is 5.86. The number of para-hydroxylation sites is 1. The largest absolute Gasteiger partial charge is 0.428 e. The highest BCUT2D eigenvalue weighted by atomic mass is 16.3. The summed E-state index contributed by atoms with van der Waals surface area (Å²) in [7, 11) is 0. The van der Waals surface area contributed by atoms with Gasteiger partial charge in [-0.05, 0) is 72.4 Å². The van der Waals surface area contributed by atoms with Gasteiger partial charge in [0.15, 0.2) is 17.0 Å². The van der Waals surface area contributed by atoms with Crippen LogP contribution in [0.4, 0.5) is 0 Å². The van der Waals surface area contributed by atoms with E-state index in [4.69, 9.17) is 9.83 Å². The molecule has 1 aliphatic carbocycles. The summed E-state index contributed by atoms with van der Waals surface area (Å²) in [5, 5.41) is 8.85. The highest BCUT2D eigenvalue weighted by molar-refractivity contribution is 6.42. The normalized spacial score (nSPS) is 13.7. The summed E-state index contributed by atoms with van der Waals surface area (Å²) in [4.78, 5) is 18.2. The molecule has 3 aromatic carbocycles. The van der Waals surface area contributed by atoms with Crippen molar-refractivity contribution in [1.29, 1.82) is 5.41 Å². The van der Waals surface area contributed by atoms with Crippen LogP contribution < -0.4 is 0 Å². The van der Waals surface area contributed by atoms with Crippen molar-refractivity contribution in [2.45, 2.75) is 26.7 Å². The van der Waals surface area contributed by atoms with Crippen LogP contribution >= 0.6 is 0 Å². The van der Waals surface area contributed by atoms with Gasteiger partial charge in [-0.25, -0.2) is 0 Å². The fraction of sp³-hybridized carbons (Fsp3) is 0.121. The minimum atomic E-state index is -0.123. The van der Waals surface area contributed by atoms with E-state index in [0.29, 0.717) is 39.5 Å². The Labute approximate surface area is 221 Å². The molecule has 0 amide bonds. The standard InChI is InChI=1S/C33H25N3O2/c1-3-22-17-26-27(18-23(22)4-2)32(37)28(31(26)34)19-25-20-29-33(36(25)24-13-9-6-10-14-24)35-30(38-29)16-15-21-11-7-5-8-12-21/h5-14,17-20,34H,3-4H2,1-2H3/b28-19-,34-31?. The van der Waals surface area contributed by atoms with Gasteiger partial charge in [0.05, 0.1) is 17.0 Å². The minimum Gasteiger partial charge on any atom is -0.428 e. The lowest BCUT2D eigenvalue weighted by Crippen LogP contribution is -2.03. The van der Waals surface area contributed by atoms with Crippen LogP contribution in [-0.4, -0.2) is 21.0 Å². The molecular weight excluding hydrogens is 470 g/mol. The van der Waals surface area contributed by atoms with Crippen LogP contribution in [0.2, 0.25) is 0 Å². The highest BCUT2D eigenvalue weighted by Gasteiger charge is 2.32. The second kappa shape index (κ2) is 9.49. The van der Waals surface area contributed by atoms with E-state index in [0.717, 1.165) is 29.7 Å². The molecule has 0 saturated heterocycles. The fourth-order valence-corrected chi connectivity index (χ4v) is 4.99. The number of hydrogen-bond donors (Lipinski definition) is 1. The molecule has 0 unspecified atom stereocenters. The second-order valence-corrected chi connectivity index (χ2v) is 9.20. The number of Topliss-reactive ketones (excluding diaryl/α,β-unsaturated/α-hetero) is 1. The van der Waals surface area contributed by atoms with Crippen molar-refractivity contribution < 1.29 is 9.21 Å². The lowest BCUT2D eigenvalue weighted by Gasteiger charge is -2.08. The molecule has 184 valence electrons. The Balaban J connectivity index is 1.47. The third-order valence-electron chi connectivity index (χ3n) is 6.91. The van der Waals surface area contributed by atoms with Crippen LogP contribution in [0.15, 0.2) is 88.9 Å². The van der Waals surface area contributed by atoms with Gasteiger partial charge in [-0.15, -0.1) is 0 Å². The Morgan fingerprint density at radius 2 is 1.55 bits per heavy atom. The number of fused-ring (bicyclic) bond motifs is 2. The Morgan fingerprint density at radius 1 is 0.895 bits per heavy atom. The molecule has 1 N–H and O–H groups in total. The number of aromatic nitrogens is 2. The summed E-state index contributed by atoms with van der Waals surface area (Å²) < 4.78 is 7.94. The van der Waals surface area contributed by atoms with Gasteiger partial charge < -0.3 is 4.42 Å². The Hall–Kier alpha value is -4.95. The maximum Gasteiger partial charge on any atom is 0.276 e. The van der Waals surface area contributed by atoms with Crippen molar-refractivity contribution in [3.05, 3.63) is 124 Å². The zero-order valence-corrected chi connectivity index (χ0v) is 21.2.